The second kappa shape index (κ2) is 7.79. The maximum absolute atomic E-state index is 11.3. The van der Waals surface area contributed by atoms with Crippen molar-refractivity contribution in [2.45, 2.75) is 13.5 Å². The number of aliphatic hydroxyl groups is 1. The third-order valence-electron chi connectivity index (χ3n) is 2.17. The first-order valence-electron chi connectivity index (χ1n) is 5.71. The summed E-state index contributed by atoms with van der Waals surface area (Å²) >= 11 is 5.88. The standard InChI is InChI=1S/C12H17ClN2O3/c1-2-18-11-7-10(13)4-3-9(11)8-15-12(17)14-5-6-16/h3-4,7,16H,2,5-6,8H2,1H3,(H2,14,15,17). The number of urea groups is 1. The Kier molecular flexibility index (Phi) is 6.32. The van der Waals surface area contributed by atoms with Gasteiger partial charge in [0.05, 0.1) is 13.2 Å². The number of halogens is 1. The maximum atomic E-state index is 11.3. The Bertz CT molecular complexity index is 399. The predicted molar refractivity (Wildman–Crippen MR) is 69.9 cm³/mol. The zero-order chi connectivity index (χ0) is 13.4. The molecule has 5 nitrogen and oxygen atoms in total. The van der Waals surface area contributed by atoms with Gasteiger partial charge in [-0.15, -0.1) is 0 Å². The molecule has 0 saturated carbocycles. The molecule has 0 spiro atoms. The lowest BCUT2D eigenvalue weighted by molar-refractivity contribution is 0.233. The molecule has 0 heterocycles. The Balaban J connectivity index is 2.58. The summed E-state index contributed by atoms with van der Waals surface area (Å²) in [5.41, 5.74) is 0.848. The minimum Gasteiger partial charge on any atom is -0.493 e. The van der Waals surface area contributed by atoms with Gasteiger partial charge < -0.3 is 20.5 Å². The highest BCUT2D eigenvalue weighted by molar-refractivity contribution is 6.30. The van der Waals surface area contributed by atoms with Crippen LogP contribution in [0.15, 0.2) is 18.2 Å². The topological polar surface area (TPSA) is 70.6 Å². The molecule has 0 unspecified atom stereocenters. The minimum atomic E-state index is -0.332. The third-order valence-corrected chi connectivity index (χ3v) is 2.40. The molecule has 1 rings (SSSR count). The van der Waals surface area contributed by atoms with Gasteiger partial charge >= 0.3 is 6.03 Å². The van der Waals surface area contributed by atoms with Gasteiger partial charge in [-0.2, -0.15) is 0 Å². The van der Waals surface area contributed by atoms with Crippen LogP contribution in [0.4, 0.5) is 4.79 Å². The van der Waals surface area contributed by atoms with Gasteiger partial charge in [-0.05, 0) is 19.1 Å². The number of amides is 2. The van der Waals surface area contributed by atoms with E-state index in [1.165, 1.54) is 0 Å². The third kappa shape index (κ3) is 4.81. The van der Waals surface area contributed by atoms with Crippen molar-refractivity contribution in [2.75, 3.05) is 19.8 Å². The highest BCUT2D eigenvalue weighted by Crippen LogP contribution is 2.23. The SMILES string of the molecule is CCOc1cc(Cl)ccc1CNC(=O)NCCO. The fraction of sp³-hybridized carbons (Fsp3) is 0.417. The van der Waals surface area contributed by atoms with Crippen LogP contribution in [0.1, 0.15) is 12.5 Å². The molecule has 1 aromatic rings. The number of ether oxygens (including phenoxy) is 1. The first-order chi connectivity index (χ1) is 8.67. The average Bonchev–Trinajstić information content (AvgIpc) is 2.36. The summed E-state index contributed by atoms with van der Waals surface area (Å²) in [6, 6.07) is 4.93. The van der Waals surface area contributed by atoms with Crippen molar-refractivity contribution in [2.24, 2.45) is 0 Å². The molecule has 6 heteroatoms. The van der Waals surface area contributed by atoms with Gasteiger partial charge in [0, 0.05) is 23.7 Å². The molecule has 0 aliphatic heterocycles. The van der Waals surface area contributed by atoms with E-state index in [-0.39, 0.29) is 19.2 Å². The van der Waals surface area contributed by atoms with Crippen molar-refractivity contribution in [3.63, 3.8) is 0 Å². The number of carbonyl (C=O) groups excluding carboxylic acids is 1. The number of benzene rings is 1. The Labute approximate surface area is 111 Å². The fourth-order valence-electron chi connectivity index (χ4n) is 1.37. The largest absolute Gasteiger partial charge is 0.493 e. The van der Waals surface area contributed by atoms with E-state index < -0.39 is 0 Å². The lowest BCUT2D eigenvalue weighted by Crippen LogP contribution is -2.36. The number of rotatable bonds is 6. The summed E-state index contributed by atoms with van der Waals surface area (Å²) < 4.78 is 5.44. The first-order valence-corrected chi connectivity index (χ1v) is 6.09. The van der Waals surface area contributed by atoms with E-state index in [0.717, 1.165) is 5.56 Å². The van der Waals surface area contributed by atoms with Crippen molar-refractivity contribution >= 4 is 17.6 Å². The maximum Gasteiger partial charge on any atom is 0.315 e. The molecule has 18 heavy (non-hydrogen) atoms. The Morgan fingerprint density at radius 1 is 1.44 bits per heavy atom. The molecule has 0 aliphatic rings. The first kappa shape index (κ1) is 14.6. The van der Waals surface area contributed by atoms with Crippen LogP contribution in [0.3, 0.4) is 0 Å². The quantitative estimate of drug-likeness (QED) is 0.735. The Morgan fingerprint density at radius 3 is 2.89 bits per heavy atom. The fourth-order valence-corrected chi connectivity index (χ4v) is 1.53. The molecular formula is C12H17ClN2O3. The van der Waals surface area contributed by atoms with Crippen molar-refractivity contribution < 1.29 is 14.6 Å². The van der Waals surface area contributed by atoms with E-state index in [4.69, 9.17) is 21.4 Å². The van der Waals surface area contributed by atoms with Crippen molar-refractivity contribution in [1.29, 1.82) is 0 Å². The number of hydrogen-bond donors (Lipinski definition) is 3. The lowest BCUT2D eigenvalue weighted by Gasteiger charge is -2.12. The van der Waals surface area contributed by atoms with Crippen molar-refractivity contribution in [3.8, 4) is 5.75 Å². The summed E-state index contributed by atoms with van der Waals surface area (Å²) in [7, 11) is 0. The summed E-state index contributed by atoms with van der Waals surface area (Å²) in [6.45, 7) is 2.89. The summed E-state index contributed by atoms with van der Waals surface area (Å²) in [5.74, 6) is 0.660. The minimum absolute atomic E-state index is 0.0848. The van der Waals surface area contributed by atoms with Gasteiger partial charge in [0.25, 0.3) is 0 Å². The van der Waals surface area contributed by atoms with Crippen LogP contribution in [0.25, 0.3) is 0 Å². The predicted octanol–water partition coefficient (Wildman–Crippen LogP) is 1.53. The van der Waals surface area contributed by atoms with Gasteiger partial charge in [0.2, 0.25) is 0 Å². The number of nitrogens with one attached hydrogen (secondary N) is 2. The molecule has 0 fully saturated rings. The van der Waals surface area contributed by atoms with Crippen molar-refractivity contribution in [3.05, 3.63) is 28.8 Å². The summed E-state index contributed by atoms with van der Waals surface area (Å²) in [6.07, 6.45) is 0. The second-order valence-corrected chi connectivity index (χ2v) is 3.95. The zero-order valence-electron chi connectivity index (χ0n) is 10.2. The van der Waals surface area contributed by atoms with Crippen LogP contribution in [0.5, 0.6) is 5.75 Å². The van der Waals surface area contributed by atoms with E-state index in [9.17, 15) is 4.79 Å². The molecule has 3 N–H and O–H groups in total. The van der Waals surface area contributed by atoms with E-state index >= 15 is 0 Å². The molecule has 100 valence electrons. The lowest BCUT2D eigenvalue weighted by atomic mass is 10.2. The molecular weight excluding hydrogens is 256 g/mol. The molecule has 0 atom stereocenters. The summed E-state index contributed by atoms with van der Waals surface area (Å²) in [4.78, 5) is 11.3. The van der Waals surface area contributed by atoms with Crippen LogP contribution in [0, 0.1) is 0 Å². The van der Waals surface area contributed by atoms with Gasteiger partial charge in [-0.25, -0.2) is 4.79 Å². The van der Waals surface area contributed by atoms with Gasteiger partial charge in [0.15, 0.2) is 0 Å². The van der Waals surface area contributed by atoms with E-state index in [0.29, 0.717) is 23.9 Å². The highest BCUT2D eigenvalue weighted by atomic mass is 35.5. The Hall–Kier alpha value is -1.46. The van der Waals surface area contributed by atoms with Crippen LogP contribution >= 0.6 is 11.6 Å². The number of hydrogen-bond acceptors (Lipinski definition) is 3. The van der Waals surface area contributed by atoms with Crippen LogP contribution < -0.4 is 15.4 Å². The summed E-state index contributed by atoms with van der Waals surface area (Å²) in [5, 5.41) is 14.3. The van der Waals surface area contributed by atoms with E-state index in [1.54, 1.807) is 18.2 Å². The smallest absolute Gasteiger partial charge is 0.315 e. The van der Waals surface area contributed by atoms with E-state index in [1.807, 2.05) is 6.92 Å². The zero-order valence-corrected chi connectivity index (χ0v) is 11.0. The molecule has 0 aromatic heterocycles. The molecule has 0 saturated heterocycles. The monoisotopic (exact) mass is 272 g/mol. The molecule has 0 radical (unpaired) electrons. The normalized spacial score (nSPS) is 9.94. The second-order valence-electron chi connectivity index (χ2n) is 3.52. The molecule has 1 aromatic carbocycles. The van der Waals surface area contributed by atoms with Crippen LogP contribution in [0.2, 0.25) is 5.02 Å². The van der Waals surface area contributed by atoms with E-state index in [2.05, 4.69) is 10.6 Å². The van der Waals surface area contributed by atoms with Gasteiger partial charge in [-0.3, -0.25) is 0 Å². The van der Waals surface area contributed by atoms with Crippen LogP contribution in [-0.4, -0.2) is 30.9 Å². The Morgan fingerprint density at radius 2 is 2.22 bits per heavy atom. The highest BCUT2D eigenvalue weighted by Gasteiger charge is 2.06. The number of aliphatic hydroxyl groups excluding tert-OH is 1. The molecule has 0 bridgehead atoms. The molecule has 2 amide bonds. The van der Waals surface area contributed by atoms with Crippen LogP contribution in [-0.2, 0) is 6.54 Å². The molecule has 0 aliphatic carbocycles. The van der Waals surface area contributed by atoms with Crippen molar-refractivity contribution in [1.82, 2.24) is 10.6 Å². The van der Waals surface area contributed by atoms with Gasteiger partial charge in [-0.1, -0.05) is 17.7 Å². The van der Waals surface area contributed by atoms with Gasteiger partial charge in [0.1, 0.15) is 5.75 Å². The average molecular weight is 273 g/mol. The number of carbonyl (C=O) groups is 1.